The number of aromatic nitrogens is 4. The fraction of sp³-hybridized carbons (Fsp3) is 0.500. The van der Waals surface area contributed by atoms with E-state index >= 15 is 0 Å². The van der Waals surface area contributed by atoms with Crippen molar-refractivity contribution in [2.24, 2.45) is 5.92 Å². The van der Waals surface area contributed by atoms with Crippen LogP contribution >= 0.6 is 34.9 Å². The summed E-state index contributed by atoms with van der Waals surface area (Å²) in [7, 11) is 0. The molecule has 3 aromatic rings. The van der Waals surface area contributed by atoms with Crippen LogP contribution in [0.25, 0.3) is 10.2 Å². The van der Waals surface area contributed by atoms with E-state index < -0.39 is 0 Å². The van der Waals surface area contributed by atoms with Crippen molar-refractivity contribution in [2.75, 3.05) is 25.4 Å². The number of carbonyl (C=O) groups excluding carboxylic acids is 2. The van der Waals surface area contributed by atoms with Gasteiger partial charge in [0.2, 0.25) is 5.91 Å². The lowest BCUT2D eigenvalue weighted by Crippen LogP contribution is -2.41. The van der Waals surface area contributed by atoms with E-state index in [9.17, 15) is 9.59 Å². The molecule has 0 aliphatic carbocycles. The molecule has 33 heavy (non-hydrogen) atoms. The number of esters is 1. The van der Waals surface area contributed by atoms with E-state index in [1.54, 1.807) is 23.1 Å². The summed E-state index contributed by atoms with van der Waals surface area (Å²) in [5, 5.41) is 9.45. The van der Waals surface area contributed by atoms with Crippen molar-refractivity contribution < 1.29 is 14.3 Å². The van der Waals surface area contributed by atoms with Gasteiger partial charge in [-0.3, -0.25) is 9.59 Å². The van der Waals surface area contributed by atoms with Crippen LogP contribution in [0.1, 0.15) is 32.5 Å². The molecule has 3 heterocycles. The van der Waals surface area contributed by atoms with Crippen LogP contribution in [0.3, 0.4) is 0 Å². The molecule has 1 aliphatic heterocycles. The number of thiazole rings is 1. The minimum absolute atomic E-state index is 0.0679. The molecule has 2 aromatic heterocycles. The summed E-state index contributed by atoms with van der Waals surface area (Å²) >= 11 is 4.76. The summed E-state index contributed by atoms with van der Waals surface area (Å²) in [6.07, 6.45) is 1.32. The van der Waals surface area contributed by atoms with Crippen LogP contribution in [-0.4, -0.2) is 62.0 Å². The van der Waals surface area contributed by atoms with Crippen LogP contribution in [0.15, 0.2) is 33.8 Å². The highest BCUT2D eigenvalue weighted by molar-refractivity contribution is 8.00. The number of hydrogen-bond acceptors (Lipinski definition) is 9. The number of nitrogens with zero attached hydrogens (tertiary/aromatic N) is 5. The van der Waals surface area contributed by atoms with Crippen LogP contribution in [-0.2, 0) is 26.6 Å². The van der Waals surface area contributed by atoms with Crippen molar-refractivity contribution in [3.63, 3.8) is 0 Å². The van der Waals surface area contributed by atoms with Gasteiger partial charge < -0.3 is 14.2 Å². The Kier molecular flexibility index (Phi) is 8.26. The monoisotopic (exact) mass is 505 g/mol. The van der Waals surface area contributed by atoms with E-state index in [0.717, 1.165) is 27.4 Å². The molecule has 1 fully saturated rings. The highest BCUT2D eigenvalue weighted by Crippen LogP contribution is 2.31. The third kappa shape index (κ3) is 5.88. The van der Waals surface area contributed by atoms with Gasteiger partial charge in [-0.2, -0.15) is 0 Å². The molecule has 0 bridgehead atoms. The lowest BCUT2D eigenvalue weighted by atomic mass is 9.97. The lowest BCUT2D eigenvalue weighted by Gasteiger charge is -2.30. The Labute approximate surface area is 205 Å². The Morgan fingerprint density at radius 2 is 1.94 bits per heavy atom. The van der Waals surface area contributed by atoms with Gasteiger partial charge in [-0.1, -0.05) is 35.7 Å². The van der Waals surface area contributed by atoms with Crippen LogP contribution in [0.4, 0.5) is 0 Å². The van der Waals surface area contributed by atoms with Gasteiger partial charge in [0.1, 0.15) is 5.82 Å². The number of fused-ring (bicyclic) bond motifs is 1. The summed E-state index contributed by atoms with van der Waals surface area (Å²) < 4.78 is 9.36. The van der Waals surface area contributed by atoms with E-state index in [4.69, 9.17) is 4.74 Å². The number of amides is 1. The van der Waals surface area contributed by atoms with Crippen LogP contribution in [0.2, 0.25) is 0 Å². The predicted octanol–water partition coefficient (Wildman–Crippen LogP) is 4.09. The first-order chi connectivity index (χ1) is 16.1. The molecule has 176 valence electrons. The smallest absolute Gasteiger partial charge is 0.309 e. The minimum atomic E-state index is -0.147. The Balaban J connectivity index is 1.29. The number of ether oxygens (including phenoxy) is 1. The Morgan fingerprint density at radius 1 is 1.15 bits per heavy atom. The first-order valence-electron chi connectivity index (χ1n) is 11.1. The minimum Gasteiger partial charge on any atom is -0.466 e. The lowest BCUT2D eigenvalue weighted by molar-refractivity contribution is -0.151. The van der Waals surface area contributed by atoms with Crippen molar-refractivity contribution in [3.05, 3.63) is 30.1 Å². The molecule has 1 aliphatic rings. The number of hydrogen-bond donors (Lipinski definition) is 0. The third-order valence-corrected chi connectivity index (χ3v) is 8.63. The normalized spacial score (nSPS) is 14.7. The second-order valence-corrected chi connectivity index (χ2v) is 10.8. The van der Waals surface area contributed by atoms with Crippen LogP contribution in [0, 0.1) is 5.92 Å². The second kappa shape index (κ2) is 11.3. The molecule has 1 aromatic carbocycles. The number of benzene rings is 1. The Morgan fingerprint density at radius 3 is 2.67 bits per heavy atom. The van der Waals surface area contributed by atoms with Gasteiger partial charge in [0.05, 0.1) is 34.2 Å². The van der Waals surface area contributed by atoms with E-state index in [2.05, 4.69) is 32.7 Å². The van der Waals surface area contributed by atoms with Crippen molar-refractivity contribution in [1.29, 1.82) is 0 Å². The quantitative estimate of drug-likeness (QED) is 0.317. The zero-order chi connectivity index (χ0) is 23.2. The van der Waals surface area contributed by atoms with Gasteiger partial charge in [0.25, 0.3) is 0 Å². The Bertz CT molecular complexity index is 1070. The average Bonchev–Trinajstić information content (AvgIpc) is 3.44. The molecule has 1 saturated heterocycles. The SMILES string of the molecule is CCOC(=O)C1CCN(C(=O)CSc2nnc(CSc3nc4ccccc4s3)n2CC)CC1. The standard InChI is InChI=1S/C22H27N5O3S3/c1-3-27-18(13-32-22-23-16-7-5-6-8-17(16)33-22)24-25-21(27)31-14-19(28)26-11-9-15(10-12-26)20(29)30-4-2/h5-8,15H,3-4,9-14H2,1-2H3. The van der Waals surface area contributed by atoms with Gasteiger partial charge in [0.15, 0.2) is 9.50 Å². The molecule has 8 nitrogen and oxygen atoms in total. The molecule has 0 spiro atoms. The number of piperidine rings is 1. The number of likely N-dealkylation sites (tertiary alicyclic amines) is 1. The van der Waals surface area contributed by atoms with E-state index in [-0.39, 0.29) is 17.8 Å². The highest BCUT2D eigenvalue weighted by atomic mass is 32.2. The predicted molar refractivity (Wildman–Crippen MR) is 132 cm³/mol. The average molecular weight is 506 g/mol. The largest absolute Gasteiger partial charge is 0.466 e. The van der Waals surface area contributed by atoms with Crippen molar-refractivity contribution in [2.45, 2.75) is 48.5 Å². The molecule has 0 N–H and O–H groups in total. The summed E-state index contributed by atoms with van der Waals surface area (Å²) in [6, 6.07) is 8.12. The van der Waals surface area contributed by atoms with E-state index in [1.807, 2.05) is 30.0 Å². The van der Waals surface area contributed by atoms with Crippen molar-refractivity contribution in [1.82, 2.24) is 24.6 Å². The molecule has 0 saturated carbocycles. The Hall–Kier alpha value is -2.11. The van der Waals surface area contributed by atoms with Crippen LogP contribution < -0.4 is 0 Å². The maximum atomic E-state index is 12.7. The molecule has 4 rings (SSSR count). The van der Waals surface area contributed by atoms with Crippen molar-refractivity contribution >= 4 is 57.0 Å². The van der Waals surface area contributed by atoms with Crippen molar-refractivity contribution in [3.8, 4) is 0 Å². The van der Waals surface area contributed by atoms with E-state index in [1.165, 1.54) is 16.5 Å². The molecule has 0 unspecified atom stereocenters. The zero-order valence-electron chi connectivity index (χ0n) is 18.7. The summed E-state index contributed by atoms with van der Waals surface area (Å²) in [5.74, 6) is 1.70. The fourth-order valence-corrected chi connectivity index (χ4v) is 6.66. The molecule has 11 heteroatoms. The first-order valence-corrected chi connectivity index (χ1v) is 13.9. The number of thioether (sulfide) groups is 2. The molecular weight excluding hydrogens is 478 g/mol. The summed E-state index contributed by atoms with van der Waals surface area (Å²) in [6.45, 7) is 6.19. The van der Waals surface area contributed by atoms with Gasteiger partial charge >= 0.3 is 5.97 Å². The second-order valence-electron chi connectivity index (χ2n) is 7.58. The summed E-state index contributed by atoms with van der Waals surface area (Å²) in [5.41, 5.74) is 1.02. The molecular formula is C22H27N5O3S3. The van der Waals surface area contributed by atoms with Gasteiger partial charge in [-0.15, -0.1) is 21.5 Å². The maximum absolute atomic E-state index is 12.7. The molecule has 1 amide bonds. The zero-order valence-corrected chi connectivity index (χ0v) is 21.2. The number of carbonyl (C=O) groups is 2. The third-order valence-electron chi connectivity index (χ3n) is 5.50. The number of para-hydroxylation sites is 1. The van der Waals surface area contributed by atoms with Gasteiger partial charge in [-0.25, -0.2) is 4.98 Å². The number of rotatable bonds is 9. The highest BCUT2D eigenvalue weighted by Gasteiger charge is 2.28. The maximum Gasteiger partial charge on any atom is 0.309 e. The fourth-order valence-electron chi connectivity index (χ4n) is 3.73. The molecule has 0 radical (unpaired) electrons. The molecule has 0 atom stereocenters. The van der Waals surface area contributed by atoms with E-state index in [0.29, 0.717) is 44.0 Å². The van der Waals surface area contributed by atoms with Gasteiger partial charge in [-0.05, 0) is 38.8 Å². The topological polar surface area (TPSA) is 90.2 Å². The first kappa shape index (κ1) is 24.0. The van der Waals surface area contributed by atoms with Crippen LogP contribution in [0.5, 0.6) is 0 Å². The summed E-state index contributed by atoms with van der Waals surface area (Å²) in [4.78, 5) is 31.1. The van der Waals surface area contributed by atoms with Gasteiger partial charge in [0, 0.05) is 19.6 Å².